The molecule has 4 aromatic carbocycles. The summed E-state index contributed by atoms with van der Waals surface area (Å²) in [5, 5.41) is 4.63. The molecule has 0 radical (unpaired) electrons. The second-order valence-electron chi connectivity index (χ2n) is 11.5. The van der Waals surface area contributed by atoms with Crippen LogP contribution < -0.4 is 0 Å². The number of aryl methyl sites for hydroxylation is 1. The topological polar surface area (TPSA) is 56.5 Å². The minimum Gasteiger partial charge on any atom is -0.292 e. The Labute approximate surface area is 261 Å². The maximum atomic E-state index is 5.41. The monoisotopic (exact) mass is 581 g/mol. The van der Waals surface area contributed by atoms with Crippen LogP contribution in [0.1, 0.15) is 25.3 Å². The molecule has 0 aliphatic carbocycles. The summed E-state index contributed by atoms with van der Waals surface area (Å²) in [5.41, 5.74) is 10.1. The zero-order valence-corrected chi connectivity index (χ0v) is 25.1. The van der Waals surface area contributed by atoms with Crippen molar-refractivity contribution in [2.75, 3.05) is 0 Å². The highest BCUT2D eigenvalue weighted by molar-refractivity contribution is 6.25. The Hall–Kier alpha value is -5.68. The summed E-state index contributed by atoms with van der Waals surface area (Å²) in [4.78, 5) is 18.2. The van der Waals surface area contributed by atoms with E-state index in [0.717, 1.165) is 67.6 Å². The van der Waals surface area contributed by atoms with Crippen molar-refractivity contribution in [3.8, 4) is 39.3 Å². The van der Waals surface area contributed by atoms with E-state index in [0.29, 0.717) is 0 Å². The maximum Gasteiger partial charge on any atom is 0.145 e. The highest BCUT2D eigenvalue weighted by atomic mass is 15.1. The Balaban J connectivity index is 1.47. The lowest BCUT2D eigenvalue weighted by Gasteiger charge is -2.14. The Morgan fingerprint density at radius 3 is 1.62 bits per heavy atom. The van der Waals surface area contributed by atoms with E-state index in [1.54, 1.807) is 0 Å². The van der Waals surface area contributed by atoms with Crippen LogP contribution in [0.5, 0.6) is 0 Å². The lowest BCUT2D eigenvalue weighted by molar-refractivity contribution is 0.795. The average Bonchev–Trinajstić information content (AvgIpc) is 3.53. The summed E-state index contributed by atoms with van der Waals surface area (Å²) in [7, 11) is 0. The van der Waals surface area contributed by atoms with Crippen molar-refractivity contribution in [2.45, 2.75) is 26.2 Å². The van der Waals surface area contributed by atoms with E-state index in [9.17, 15) is 0 Å². The second-order valence-corrected chi connectivity index (χ2v) is 11.5. The highest BCUT2D eigenvalue weighted by Gasteiger charge is 2.21. The molecule has 0 atom stereocenters. The van der Waals surface area contributed by atoms with Gasteiger partial charge in [0.05, 0.1) is 11.0 Å². The average molecular weight is 582 g/mol. The van der Waals surface area contributed by atoms with Gasteiger partial charge in [-0.05, 0) is 112 Å². The minimum atomic E-state index is 0.902. The summed E-state index contributed by atoms with van der Waals surface area (Å²) in [5.74, 6) is 0.902. The number of benzene rings is 4. The van der Waals surface area contributed by atoms with E-state index in [2.05, 4.69) is 111 Å². The van der Waals surface area contributed by atoms with Crippen LogP contribution in [-0.2, 0) is 6.42 Å². The van der Waals surface area contributed by atoms with Crippen molar-refractivity contribution < 1.29 is 0 Å². The molecular weight excluding hydrogens is 550 g/mol. The summed E-state index contributed by atoms with van der Waals surface area (Å²) in [6.07, 6.45) is 14.5. The van der Waals surface area contributed by atoms with Crippen LogP contribution in [0.3, 0.4) is 0 Å². The standard InChI is InChI=1S/C40H31N5/c1-2-3-4-27-5-9-33(10-6-27)45-39-35-12-8-32(29-15-21-42-22-16-29)26-37(35)36-25-31(28-13-19-41-20-14-28)7-11-34(36)38(39)44-40(45)30-17-23-43-24-18-30/h5-26H,2-4H2,1H3. The first kappa shape index (κ1) is 26.9. The molecule has 4 aromatic heterocycles. The van der Waals surface area contributed by atoms with Gasteiger partial charge < -0.3 is 0 Å². The van der Waals surface area contributed by atoms with Gasteiger partial charge in [-0.25, -0.2) is 4.98 Å². The molecule has 0 fully saturated rings. The number of fused-ring (bicyclic) bond motifs is 6. The Kier molecular flexibility index (Phi) is 6.84. The van der Waals surface area contributed by atoms with E-state index in [4.69, 9.17) is 4.98 Å². The van der Waals surface area contributed by atoms with Crippen LogP contribution in [0.15, 0.2) is 134 Å². The first-order valence-corrected chi connectivity index (χ1v) is 15.5. The van der Waals surface area contributed by atoms with Crippen LogP contribution in [0, 0.1) is 0 Å². The number of imidazole rings is 1. The number of unbranched alkanes of at least 4 members (excludes halogenated alkanes) is 1. The summed E-state index contributed by atoms with van der Waals surface area (Å²) in [6, 6.07) is 34.9. The highest BCUT2D eigenvalue weighted by Crippen LogP contribution is 2.41. The number of pyridine rings is 3. The smallest absolute Gasteiger partial charge is 0.145 e. The summed E-state index contributed by atoms with van der Waals surface area (Å²) in [6.45, 7) is 2.24. The predicted molar refractivity (Wildman–Crippen MR) is 184 cm³/mol. The third-order valence-corrected chi connectivity index (χ3v) is 8.70. The molecular formula is C40H31N5. The zero-order chi connectivity index (χ0) is 30.2. The number of hydrogen-bond donors (Lipinski definition) is 0. The summed E-state index contributed by atoms with van der Waals surface area (Å²) >= 11 is 0. The molecule has 0 saturated carbocycles. The van der Waals surface area contributed by atoms with Gasteiger partial charge in [0.1, 0.15) is 5.82 Å². The molecule has 8 aromatic rings. The Bertz CT molecular complexity index is 2270. The molecule has 0 saturated heterocycles. The third-order valence-electron chi connectivity index (χ3n) is 8.70. The van der Waals surface area contributed by atoms with Gasteiger partial charge in [0.15, 0.2) is 0 Å². The van der Waals surface area contributed by atoms with Crippen LogP contribution in [0.4, 0.5) is 0 Å². The van der Waals surface area contributed by atoms with Gasteiger partial charge >= 0.3 is 0 Å². The van der Waals surface area contributed by atoms with Crippen molar-refractivity contribution in [1.82, 2.24) is 24.5 Å². The first-order valence-electron chi connectivity index (χ1n) is 15.5. The third kappa shape index (κ3) is 4.83. The molecule has 5 heteroatoms. The minimum absolute atomic E-state index is 0.902. The van der Waals surface area contributed by atoms with E-state index in [1.165, 1.54) is 29.2 Å². The molecule has 0 aliphatic rings. The molecule has 0 unspecified atom stereocenters. The molecule has 0 bridgehead atoms. The second kappa shape index (κ2) is 11.4. The van der Waals surface area contributed by atoms with E-state index < -0.39 is 0 Å². The fourth-order valence-electron chi connectivity index (χ4n) is 6.39. The largest absolute Gasteiger partial charge is 0.292 e. The van der Waals surface area contributed by atoms with Crippen LogP contribution >= 0.6 is 0 Å². The molecule has 0 amide bonds. The normalized spacial score (nSPS) is 11.5. The molecule has 5 nitrogen and oxygen atoms in total. The molecule has 216 valence electrons. The van der Waals surface area contributed by atoms with Gasteiger partial charge in [-0.1, -0.05) is 49.7 Å². The van der Waals surface area contributed by atoms with Crippen molar-refractivity contribution >= 4 is 32.6 Å². The lowest BCUT2D eigenvalue weighted by Crippen LogP contribution is -1.99. The molecule has 45 heavy (non-hydrogen) atoms. The van der Waals surface area contributed by atoms with E-state index in [-0.39, 0.29) is 0 Å². The van der Waals surface area contributed by atoms with Crippen molar-refractivity contribution in [3.05, 3.63) is 140 Å². The quantitative estimate of drug-likeness (QED) is 0.176. The zero-order valence-electron chi connectivity index (χ0n) is 25.1. The van der Waals surface area contributed by atoms with Gasteiger partial charge in [0.2, 0.25) is 0 Å². The molecule has 0 aliphatic heterocycles. The molecule has 4 heterocycles. The number of hydrogen-bond acceptors (Lipinski definition) is 4. The van der Waals surface area contributed by atoms with Gasteiger partial charge in [-0.2, -0.15) is 0 Å². The first-order chi connectivity index (χ1) is 22.3. The Morgan fingerprint density at radius 2 is 1.04 bits per heavy atom. The predicted octanol–water partition coefficient (Wildman–Crippen LogP) is 9.86. The van der Waals surface area contributed by atoms with Gasteiger partial charge in [-0.15, -0.1) is 0 Å². The van der Waals surface area contributed by atoms with Gasteiger partial charge in [0, 0.05) is 59.2 Å². The van der Waals surface area contributed by atoms with Crippen LogP contribution in [-0.4, -0.2) is 24.5 Å². The number of nitrogens with zero attached hydrogens (tertiary/aromatic N) is 5. The fourth-order valence-corrected chi connectivity index (χ4v) is 6.39. The van der Waals surface area contributed by atoms with Crippen LogP contribution in [0.25, 0.3) is 71.9 Å². The maximum absolute atomic E-state index is 5.41. The number of rotatable bonds is 7. The van der Waals surface area contributed by atoms with E-state index in [1.807, 2.05) is 49.3 Å². The van der Waals surface area contributed by atoms with Crippen LogP contribution in [0.2, 0.25) is 0 Å². The van der Waals surface area contributed by atoms with Gasteiger partial charge in [-0.3, -0.25) is 19.5 Å². The van der Waals surface area contributed by atoms with Gasteiger partial charge in [0.25, 0.3) is 0 Å². The molecule has 0 N–H and O–H groups in total. The van der Waals surface area contributed by atoms with E-state index >= 15 is 0 Å². The lowest BCUT2D eigenvalue weighted by atomic mass is 9.93. The van der Waals surface area contributed by atoms with Crippen molar-refractivity contribution in [3.63, 3.8) is 0 Å². The number of aromatic nitrogens is 5. The molecule has 8 rings (SSSR count). The fraction of sp³-hybridized carbons (Fsp3) is 0.100. The molecule has 0 spiro atoms. The van der Waals surface area contributed by atoms with Crippen molar-refractivity contribution in [2.24, 2.45) is 0 Å². The SMILES string of the molecule is CCCCc1ccc(-n2c(-c3ccncc3)nc3c4ccc(-c5ccncc5)cc4c4cc(-c5ccncc5)ccc4c32)cc1. The van der Waals surface area contributed by atoms with Crippen molar-refractivity contribution in [1.29, 1.82) is 0 Å². The Morgan fingerprint density at radius 1 is 0.511 bits per heavy atom. The summed E-state index contributed by atoms with van der Waals surface area (Å²) < 4.78 is 2.33.